The van der Waals surface area contributed by atoms with Crippen LogP contribution in [-0.4, -0.2) is 36.2 Å². The van der Waals surface area contributed by atoms with E-state index in [4.69, 9.17) is 0 Å². The Kier molecular flexibility index (Phi) is 6.46. The van der Waals surface area contributed by atoms with Gasteiger partial charge in [0.05, 0.1) is 17.4 Å². The van der Waals surface area contributed by atoms with E-state index in [0.29, 0.717) is 17.2 Å². The van der Waals surface area contributed by atoms with Crippen molar-refractivity contribution >= 4 is 39.8 Å². The van der Waals surface area contributed by atoms with Crippen molar-refractivity contribution in [3.05, 3.63) is 96.7 Å². The number of carbonyl (C=O) groups excluding carboxylic acids is 1. The Hall–Kier alpha value is -5.45. The van der Waals surface area contributed by atoms with E-state index >= 15 is 0 Å². The Labute approximate surface area is 235 Å². The Morgan fingerprint density at radius 1 is 0.927 bits per heavy atom. The fourth-order valence-electron chi connectivity index (χ4n) is 4.46. The molecule has 0 radical (unpaired) electrons. The number of aromatic nitrogens is 6. The fourth-order valence-corrected chi connectivity index (χ4v) is 4.46. The maximum absolute atomic E-state index is 14.6. The molecule has 0 aliphatic rings. The first-order chi connectivity index (χ1) is 19.7. The second kappa shape index (κ2) is 10.3. The molecule has 0 aliphatic carbocycles. The first-order valence-corrected chi connectivity index (χ1v) is 13.0. The molecule has 10 nitrogen and oxygen atoms in total. The molecule has 0 saturated heterocycles. The summed E-state index contributed by atoms with van der Waals surface area (Å²) in [7, 11) is 0. The average molecular weight is 550 g/mol. The van der Waals surface area contributed by atoms with E-state index in [1.165, 1.54) is 10.7 Å². The highest BCUT2D eigenvalue weighted by Crippen LogP contribution is 2.30. The van der Waals surface area contributed by atoms with Crippen LogP contribution in [-0.2, 0) is 5.41 Å². The molecule has 11 heteroatoms. The maximum Gasteiger partial charge on any atom is 0.324 e. The van der Waals surface area contributed by atoms with Gasteiger partial charge < -0.3 is 10.6 Å². The van der Waals surface area contributed by atoms with E-state index in [-0.39, 0.29) is 11.1 Å². The Balaban J connectivity index is 1.19. The van der Waals surface area contributed by atoms with Gasteiger partial charge in [0.2, 0.25) is 0 Å². The zero-order valence-corrected chi connectivity index (χ0v) is 22.7. The maximum atomic E-state index is 14.6. The lowest BCUT2D eigenvalue weighted by atomic mass is 9.92. The van der Waals surface area contributed by atoms with Crippen molar-refractivity contribution < 1.29 is 9.18 Å². The van der Waals surface area contributed by atoms with Crippen LogP contribution in [0, 0.1) is 5.82 Å². The first-order valence-electron chi connectivity index (χ1n) is 13.0. The molecule has 0 fully saturated rings. The smallest absolute Gasteiger partial charge is 0.324 e. The summed E-state index contributed by atoms with van der Waals surface area (Å²) in [5.74, 6) is -0.0845. The second-order valence-corrected chi connectivity index (χ2v) is 10.6. The molecule has 0 unspecified atom stereocenters. The molecule has 5 N–H and O–H groups in total. The van der Waals surface area contributed by atoms with E-state index in [1.54, 1.807) is 42.7 Å². The highest BCUT2D eigenvalue weighted by Gasteiger charge is 2.22. The lowest BCUT2D eigenvalue weighted by Gasteiger charge is -2.14. The number of amides is 2. The SMILES string of the molecule is CC(C)(C)c1cc(NC(=O)Nc2cccc(Nc3ccc4c(-c5cn[nH]c5)n[nH]c4c3)c2)n(-c2ccccc2F)n1. The number of carbonyl (C=O) groups is 1. The minimum absolute atomic E-state index is 0.246. The molecular formula is C30H28FN9O. The molecule has 3 aromatic heterocycles. The van der Waals surface area contributed by atoms with Gasteiger partial charge in [0.25, 0.3) is 0 Å². The van der Waals surface area contributed by atoms with Crippen LogP contribution in [0.4, 0.5) is 32.1 Å². The van der Waals surface area contributed by atoms with Gasteiger partial charge in [0, 0.05) is 45.7 Å². The molecule has 0 saturated carbocycles. The molecule has 6 aromatic rings. The number of benzene rings is 3. The highest BCUT2D eigenvalue weighted by molar-refractivity contribution is 6.00. The number of anilines is 4. The molecule has 3 heterocycles. The van der Waals surface area contributed by atoms with Gasteiger partial charge in [-0.2, -0.15) is 15.3 Å². The summed E-state index contributed by atoms with van der Waals surface area (Å²) in [5.41, 5.74) is 5.47. The molecule has 41 heavy (non-hydrogen) atoms. The van der Waals surface area contributed by atoms with Crippen molar-refractivity contribution in [3.8, 4) is 16.9 Å². The standard InChI is InChI=1S/C30H28FN9O/c1-30(2,3)26-15-27(40(39-26)25-10-5-4-9-23(25)31)36-29(41)35-20-8-6-7-19(13-20)34-21-11-12-22-24(14-21)37-38-28(22)18-16-32-33-17-18/h4-17,34H,1-3H3,(H,32,33)(H,37,38)(H2,35,36,41). The molecule has 3 aromatic carbocycles. The van der Waals surface area contributed by atoms with Crippen LogP contribution >= 0.6 is 0 Å². The number of aromatic amines is 2. The minimum atomic E-state index is -0.481. The quantitative estimate of drug-likeness (QED) is 0.153. The number of para-hydroxylation sites is 1. The highest BCUT2D eigenvalue weighted by atomic mass is 19.1. The zero-order valence-electron chi connectivity index (χ0n) is 22.7. The number of halogens is 1. The molecular weight excluding hydrogens is 521 g/mol. The van der Waals surface area contributed by atoms with Crippen molar-refractivity contribution in [2.75, 3.05) is 16.0 Å². The summed E-state index contributed by atoms with van der Waals surface area (Å²) in [6, 6.07) is 20.9. The summed E-state index contributed by atoms with van der Waals surface area (Å²) in [4.78, 5) is 13.0. The molecule has 206 valence electrons. The topological polar surface area (TPSA) is 128 Å². The lowest BCUT2D eigenvalue weighted by Crippen LogP contribution is -2.21. The van der Waals surface area contributed by atoms with Crippen molar-refractivity contribution in [2.45, 2.75) is 26.2 Å². The largest absolute Gasteiger partial charge is 0.355 e. The van der Waals surface area contributed by atoms with Gasteiger partial charge in [-0.25, -0.2) is 13.9 Å². The third kappa shape index (κ3) is 5.37. The summed E-state index contributed by atoms with van der Waals surface area (Å²) in [5, 5.41) is 28.9. The normalized spacial score (nSPS) is 11.5. The van der Waals surface area contributed by atoms with E-state index in [2.05, 4.69) is 41.4 Å². The summed E-state index contributed by atoms with van der Waals surface area (Å²) in [6.45, 7) is 6.02. The molecule has 0 atom stereocenters. The van der Waals surface area contributed by atoms with Crippen molar-refractivity contribution in [1.29, 1.82) is 0 Å². The van der Waals surface area contributed by atoms with Crippen LogP contribution in [0.3, 0.4) is 0 Å². The number of hydrogen-bond donors (Lipinski definition) is 5. The van der Waals surface area contributed by atoms with Gasteiger partial charge in [-0.1, -0.05) is 39.0 Å². The van der Waals surface area contributed by atoms with Gasteiger partial charge in [0.15, 0.2) is 0 Å². The van der Waals surface area contributed by atoms with Crippen LogP contribution < -0.4 is 16.0 Å². The molecule has 2 amide bonds. The number of urea groups is 1. The van der Waals surface area contributed by atoms with Crippen LogP contribution in [0.5, 0.6) is 0 Å². The van der Waals surface area contributed by atoms with E-state index in [9.17, 15) is 9.18 Å². The van der Waals surface area contributed by atoms with Gasteiger partial charge in [0.1, 0.15) is 23.0 Å². The molecule has 0 bridgehead atoms. The second-order valence-electron chi connectivity index (χ2n) is 10.6. The first kappa shape index (κ1) is 25.8. The number of H-pyrrole nitrogens is 2. The molecule has 6 rings (SSSR count). The van der Waals surface area contributed by atoms with Gasteiger partial charge >= 0.3 is 6.03 Å². The third-order valence-corrected chi connectivity index (χ3v) is 6.54. The van der Waals surface area contributed by atoms with Gasteiger partial charge in [-0.15, -0.1) is 0 Å². The predicted molar refractivity (Wildman–Crippen MR) is 158 cm³/mol. The zero-order chi connectivity index (χ0) is 28.6. The average Bonchev–Trinajstić information content (AvgIpc) is 3.69. The number of fused-ring (bicyclic) bond motifs is 1. The number of hydrogen-bond acceptors (Lipinski definition) is 5. The number of nitrogens with one attached hydrogen (secondary N) is 5. The molecule has 0 aliphatic heterocycles. The van der Waals surface area contributed by atoms with E-state index < -0.39 is 11.8 Å². The van der Waals surface area contributed by atoms with Crippen LogP contribution in [0.25, 0.3) is 27.8 Å². The Bertz CT molecular complexity index is 1850. The van der Waals surface area contributed by atoms with E-state index in [1.807, 2.05) is 57.2 Å². The summed E-state index contributed by atoms with van der Waals surface area (Å²) in [6.07, 6.45) is 3.53. The van der Waals surface area contributed by atoms with Crippen LogP contribution in [0.1, 0.15) is 26.5 Å². The summed E-state index contributed by atoms with van der Waals surface area (Å²) >= 11 is 0. The number of rotatable bonds is 6. The Morgan fingerprint density at radius 3 is 2.51 bits per heavy atom. The van der Waals surface area contributed by atoms with Gasteiger partial charge in [-0.3, -0.25) is 15.5 Å². The van der Waals surface area contributed by atoms with Crippen LogP contribution in [0.2, 0.25) is 0 Å². The number of nitrogens with zero attached hydrogens (tertiary/aromatic N) is 4. The van der Waals surface area contributed by atoms with Gasteiger partial charge in [-0.05, 0) is 48.5 Å². The molecule has 0 spiro atoms. The van der Waals surface area contributed by atoms with E-state index in [0.717, 1.165) is 33.5 Å². The summed E-state index contributed by atoms with van der Waals surface area (Å²) < 4.78 is 16.0. The Morgan fingerprint density at radius 2 is 1.73 bits per heavy atom. The predicted octanol–water partition coefficient (Wildman–Crippen LogP) is 6.96. The third-order valence-electron chi connectivity index (χ3n) is 6.54. The monoisotopic (exact) mass is 549 g/mol. The lowest BCUT2D eigenvalue weighted by molar-refractivity contribution is 0.262. The van der Waals surface area contributed by atoms with Crippen molar-refractivity contribution in [1.82, 2.24) is 30.2 Å². The minimum Gasteiger partial charge on any atom is -0.355 e. The fraction of sp³-hybridized carbons (Fsp3) is 0.133. The van der Waals surface area contributed by atoms with Crippen molar-refractivity contribution in [2.24, 2.45) is 0 Å². The van der Waals surface area contributed by atoms with Crippen molar-refractivity contribution in [3.63, 3.8) is 0 Å². The van der Waals surface area contributed by atoms with Crippen LogP contribution in [0.15, 0.2) is 85.2 Å².